The van der Waals surface area contributed by atoms with Crippen LogP contribution in [-0.2, 0) is 21.5 Å². The first kappa shape index (κ1) is 22.8. The highest BCUT2D eigenvalue weighted by Crippen LogP contribution is 2.47. The predicted molar refractivity (Wildman–Crippen MR) is 130 cm³/mol. The highest BCUT2D eigenvalue weighted by atomic mass is 127. The summed E-state index contributed by atoms with van der Waals surface area (Å²) in [4.78, 5) is 18.0. The molecule has 4 rings (SSSR count). The Labute approximate surface area is 201 Å². The van der Waals surface area contributed by atoms with Gasteiger partial charge in [-0.25, -0.2) is 9.78 Å². The van der Waals surface area contributed by atoms with E-state index in [0.29, 0.717) is 36.2 Å². The maximum absolute atomic E-state index is 13.1. The zero-order valence-corrected chi connectivity index (χ0v) is 20.8. The molecule has 2 unspecified atom stereocenters. The first-order chi connectivity index (χ1) is 15.4. The minimum absolute atomic E-state index is 0.367. The molecular formula is C25H26INO5. The number of fused-ring (bicyclic) bond motifs is 2. The molecule has 0 radical (unpaired) electrons. The molecule has 1 aromatic carbocycles. The summed E-state index contributed by atoms with van der Waals surface area (Å²) in [6.07, 6.45) is 4.91. The van der Waals surface area contributed by atoms with Crippen molar-refractivity contribution in [1.29, 1.82) is 0 Å². The number of nitrogens with zero attached hydrogens (tertiary/aromatic N) is 1. The van der Waals surface area contributed by atoms with Gasteiger partial charge in [-0.3, -0.25) is 0 Å². The third-order valence-corrected chi connectivity index (χ3v) is 6.91. The van der Waals surface area contributed by atoms with Crippen molar-refractivity contribution >= 4 is 39.7 Å². The number of carbonyl (C=O) groups is 1. The van der Waals surface area contributed by atoms with Gasteiger partial charge in [0.2, 0.25) is 5.71 Å². The van der Waals surface area contributed by atoms with E-state index in [4.69, 9.17) is 23.6 Å². The minimum Gasteiger partial charge on any atom is -0.496 e. The minimum atomic E-state index is -0.963. The summed E-state index contributed by atoms with van der Waals surface area (Å²) in [5.41, 5.74) is 2.86. The van der Waals surface area contributed by atoms with Crippen LogP contribution in [0.25, 0.3) is 11.1 Å². The smallest absolute Gasteiger partial charge is 0.339 e. The number of benzene rings is 1. The number of carbonyl (C=O) groups excluding carboxylic acids is 1. The average molecular weight is 547 g/mol. The lowest BCUT2D eigenvalue weighted by Gasteiger charge is -2.42. The normalized spacial score (nSPS) is 20.0. The third kappa shape index (κ3) is 3.92. The monoisotopic (exact) mass is 547 g/mol. The lowest BCUT2D eigenvalue weighted by Crippen LogP contribution is -2.48. The van der Waals surface area contributed by atoms with Gasteiger partial charge in [-0.2, -0.15) is 0 Å². The zero-order chi connectivity index (χ0) is 22.9. The Morgan fingerprint density at radius 2 is 2.06 bits per heavy atom. The van der Waals surface area contributed by atoms with Gasteiger partial charge >= 0.3 is 5.97 Å². The summed E-state index contributed by atoms with van der Waals surface area (Å²) in [7, 11) is 3.29. The molecule has 32 heavy (non-hydrogen) atoms. The SMILES string of the molecule is COc1c2c(nc3occc13)C(CC=C(C)C)(OC)C(OC(=O)c1ccccc1I)CC2. The number of halogens is 1. The maximum atomic E-state index is 13.1. The van der Waals surface area contributed by atoms with Crippen LogP contribution in [0.4, 0.5) is 0 Å². The Bertz CT molecular complexity index is 1180. The zero-order valence-electron chi connectivity index (χ0n) is 18.6. The van der Waals surface area contributed by atoms with Gasteiger partial charge in [0.05, 0.1) is 30.0 Å². The van der Waals surface area contributed by atoms with Gasteiger partial charge in [-0.05, 0) is 67.5 Å². The summed E-state index contributed by atoms with van der Waals surface area (Å²) in [6, 6.07) is 9.25. The predicted octanol–water partition coefficient (Wildman–Crippen LogP) is 5.81. The molecule has 0 bridgehead atoms. The second-order valence-corrected chi connectivity index (χ2v) is 9.27. The molecule has 0 saturated carbocycles. The largest absolute Gasteiger partial charge is 0.496 e. The van der Waals surface area contributed by atoms with Crippen molar-refractivity contribution in [1.82, 2.24) is 4.98 Å². The fourth-order valence-corrected chi connectivity index (χ4v) is 4.95. The number of rotatable bonds is 6. The van der Waals surface area contributed by atoms with Gasteiger partial charge in [0, 0.05) is 22.7 Å². The van der Waals surface area contributed by atoms with Crippen LogP contribution in [-0.4, -0.2) is 31.3 Å². The van der Waals surface area contributed by atoms with Crippen molar-refractivity contribution in [2.24, 2.45) is 0 Å². The van der Waals surface area contributed by atoms with E-state index in [1.165, 1.54) is 0 Å². The molecule has 7 heteroatoms. The number of ether oxygens (including phenoxy) is 3. The lowest BCUT2D eigenvalue weighted by molar-refractivity contribution is -0.124. The molecule has 1 aliphatic carbocycles. The van der Waals surface area contributed by atoms with Crippen molar-refractivity contribution in [3.63, 3.8) is 0 Å². The number of methoxy groups -OCH3 is 2. The van der Waals surface area contributed by atoms with Crippen molar-refractivity contribution in [2.75, 3.05) is 14.2 Å². The first-order valence-electron chi connectivity index (χ1n) is 10.5. The van der Waals surface area contributed by atoms with E-state index in [0.717, 1.165) is 25.8 Å². The highest BCUT2D eigenvalue weighted by molar-refractivity contribution is 14.1. The van der Waals surface area contributed by atoms with E-state index >= 15 is 0 Å². The van der Waals surface area contributed by atoms with Gasteiger partial charge in [0.1, 0.15) is 11.9 Å². The molecule has 0 saturated heterocycles. The summed E-state index contributed by atoms with van der Waals surface area (Å²) >= 11 is 2.15. The van der Waals surface area contributed by atoms with E-state index < -0.39 is 11.7 Å². The van der Waals surface area contributed by atoms with E-state index in [-0.39, 0.29) is 5.97 Å². The second-order valence-electron chi connectivity index (χ2n) is 8.10. The Morgan fingerprint density at radius 3 is 2.75 bits per heavy atom. The van der Waals surface area contributed by atoms with E-state index in [1.807, 2.05) is 38.1 Å². The summed E-state index contributed by atoms with van der Waals surface area (Å²) in [6.45, 7) is 4.06. The Kier molecular flexibility index (Phi) is 6.57. The third-order valence-electron chi connectivity index (χ3n) is 5.97. The first-order valence-corrected chi connectivity index (χ1v) is 11.6. The second kappa shape index (κ2) is 9.23. The van der Waals surface area contributed by atoms with Crippen LogP contribution in [0.5, 0.6) is 5.75 Å². The molecule has 0 fully saturated rings. The standard InChI is InChI=1S/C25H26INO5/c1-15(2)11-13-25(30-4)20(32-24(28)16-7-5-6-8-19(16)26)10-9-17-21(29-3)18-12-14-31-23(18)27-22(17)25/h5-8,11-12,14,20H,9-10,13H2,1-4H3. The number of furan rings is 1. The number of aromatic nitrogens is 1. The van der Waals surface area contributed by atoms with E-state index in [1.54, 1.807) is 26.5 Å². The lowest BCUT2D eigenvalue weighted by atomic mass is 9.77. The molecule has 3 aromatic rings. The van der Waals surface area contributed by atoms with Crippen LogP contribution < -0.4 is 4.74 Å². The topological polar surface area (TPSA) is 70.8 Å². The fraction of sp³-hybridized carbons (Fsp3) is 0.360. The van der Waals surface area contributed by atoms with Gasteiger partial charge in [0.25, 0.3) is 0 Å². The molecule has 2 atom stereocenters. The molecule has 0 N–H and O–H groups in total. The van der Waals surface area contributed by atoms with Crippen LogP contribution in [0.3, 0.4) is 0 Å². The molecule has 0 amide bonds. The van der Waals surface area contributed by atoms with Crippen LogP contribution in [0.15, 0.2) is 52.7 Å². The van der Waals surface area contributed by atoms with Gasteiger partial charge in [-0.15, -0.1) is 0 Å². The molecule has 1 aliphatic rings. The molecular weight excluding hydrogens is 521 g/mol. The Morgan fingerprint density at radius 1 is 1.28 bits per heavy atom. The number of pyridine rings is 1. The van der Waals surface area contributed by atoms with Crippen LogP contribution in [0.1, 0.15) is 48.3 Å². The molecule has 2 aromatic heterocycles. The maximum Gasteiger partial charge on any atom is 0.339 e. The Balaban J connectivity index is 1.84. The van der Waals surface area contributed by atoms with Crippen molar-refractivity contribution < 1.29 is 23.4 Å². The van der Waals surface area contributed by atoms with Crippen molar-refractivity contribution in [2.45, 2.75) is 44.8 Å². The van der Waals surface area contributed by atoms with E-state index in [9.17, 15) is 4.79 Å². The average Bonchev–Trinajstić information content (AvgIpc) is 3.25. The van der Waals surface area contributed by atoms with E-state index in [2.05, 4.69) is 28.7 Å². The quantitative estimate of drug-likeness (QED) is 0.221. The molecule has 6 nitrogen and oxygen atoms in total. The number of allylic oxidation sites excluding steroid dienone is 1. The summed E-state index contributed by atoms with van der Waals surface area (Å²) in [5, 5.41) is 0.827. The van der Waals surface area contributed by atoms with Crippen LogP contribution >= 0.6 is 22.6 Å². The molecule has 2 heterocycles. The number of hydrogen-bond acceptors (Lipinski definition) is 6. The molecule has 0 aliphatic heterocycles. The summed E-state index contributed by atoms with van der Waals surface area (Å²) in [5.74, 6) is 0.368. The van der Waals surface area contributed by atoms with Crippen molar-refractivity contribution in [3.8, 4) is 5.75 Å². The highest BCUT2D eigenvalue weighted by Gasteiger charge is 2.49. The number of esters is 1. The number of hydrogen-bond donors (Lipinski definition) is 0. The Hall–Kier alpha value is -2.39. The van der Waals surface area contributed by atoms with Gasteiger partial charge < -0.3 is 18.6 Å². The van der Waals surface area contributed by atoms with Gasteiger partial charge in [0.15, 0.2) is 5.60 Å². The van der Waals surface area contributed by atoms with Crippen LogP contribution in [0.2, 0.25) is 0 Å². The molecule has 168 valence electrons. The van der Waals surface area contributed by atoms with Crippen LogP contribution in [0, 0.1) is 3.57 Å². The van der Waals surface area contributed by atoms with Crippen molar-refractivity contribution in [3.05, 3.63) is 68.6 Å². The summed E-state index contributed by atoms with van der Waals surface area (Å²) < 4.78 is 24.5. The van der Waals surface area contributed by atoms with Gasteiger partial charge in [-0.1, -0.05) is 23.8 Å². The fourth-order valence-electron chi connectivity index (χ4n) is 4.34. The molecule has 0 spiro atoms.